The zero-order chi connectivity index (χ0) is 12.7. The van der Waals surface area contributed by atoms with Crippen LogP contribution >= 0.6 is 11.6 Å². The molecule has 1 N–H and O–H groups in total. The van der Waals surface area contributed by atoms with Crippen LogP contribution in [0.4, 0.5) is 5.69 Å². The molecular weight excluding hydrogens is 250 g/mol. The molecule has 0 bridgehead atoms. The highest BCUT2D eigenvalue weighted by Crippen LogP contribution is 2.42. The van der Waals surface area contributed by atoms with Crippen molar-refractivity contribution in [2.45, 2.75) is 32.7 Å². The lowest BCUT2D eigenvalue weighted by Crippen LogP contribution is -2.37. The van der Waals surface area contributed by atoms with Crippen molar-refractivity contribution in [2.75, 3.05) is 12.1 Å². The minimum absolute atomic E-state index is 0.286. The van der Waals surface area contributed by atoms with Gasteiger partial charge >= 0.3 is 0 Å². The van der Waals surface area contributed by atoms with E-state index in [1.165, 1.54) is 12.8 Å². The van der Waals surface area contributed by atoms with Crippen molar-refractivity contribution >= 4 is 17.3 Å². The predicted molar refractivity (Wildman–Crippen MR) is 72.5 cm³/mol. The van der Waals surface area contributed by atoms with Crippen LogP contribution in [0.2, 0.25) is 5.02 Å². The summed E-state index contributed by atoms with van der Waals surface area (Å²) in [6.07, 6.45) is 2.45. The molecule has 0 spiro atoms. The number of ether oxygens (including phenoxy) is 2. The Balaban J connectivity index is 1.67. The van der Waals surface area contributed by atoms with Crippen LogP contribution in [-0.4, -0.2) is 12.8 Å². The quantitative estimate of drug-likeness (QED) is 0.901. The Morgan fingerprint density at radius 3 is 2.56 bits per heavy atom. The van der Waals surface area contributed by atoms with Gasteiger partial charge in [-0.2, -0.15) is 0 Å². The third kappa shape index (κ3) is 2.12. The summed E-state index contributed by atoms with van der Waals surface area (Å²) in [5, 5.41) is 4.19. The summed E-state index contributed by atoms with van der Waals surface area (Å²) < 4.78 is 10.7. The summed E-state index contributed by atoms with van der Waals surface area (Å²) in [6, 6.07) is 4.30. The smallest absolute Gasteiger partial charge is 0.231 e. The summed E-state index contributed by atoms with van der Waals surface area (Å²) in [6.45, 7) is 4.86. The second-order valence-corrected chi connectivity index (χ2v) is 5.91. The maximum atomic E-state index is 6.23. The van der Waals surface area contributed by atoms with E-state index < -0.39 is 0 Å². The second kappa shape index (κ2) is 4.54. The maximum absolute atomic E-state index is 6.23. The molecule has 1 aromatic carbocycles. The van der Waals surface area contributed by atoms with E-state index in [0.717, 1.165) is 29.0 Å². The molecule has 0 radical (unpaired) electrons. The molecule has 4 heteroatoms. The van der Waals surface area contributed by atoms with Crippen molar-refractivity contribution in [3.8, 4) is 11.5 Å². The van der Waals surface area contributed by atoms with Gasteiger partial charge in [0.1, 0.15) is 0 Å². The molecule has 1 aliphatic heterocycles. The Morgan fingerprint density at radius 2 is 1.89 bits per heavy atom. The van der Waals surface area contributed by atoms with Crippen LogP contribution in [-0.2, 0) is 0 Å². The number of nitrogens with one attached hydrogen (secondary N) is 1. The fraction of sp³-hybridized carbons (Fsp3) is 0.571. The van der Waals surface area contributed by atoms with Crippen LogP contribution in [0, 0.1) is 11.8 Å². The zero-order valence-electron chi connectivity index (χ0n) is 10.7. The van der Waals surface area contributed by atoms with Crippen LogP contribution in [0.3, 0.4) is 0 Å². The minimum Gasteiger partial charge on any atom is -0.454 e. The van der Waals surface area contributed by atoms with E-state index in [2.05, 4.69) is 19.2 Å². The minimum atomic E-state index is 0.286. The number of benzene rings is 1. The van der Waals surface area contributed by atoms with Gasteiger partial charge in [-0.1, -0.05) is 25.4 Å². The fourth-order valence-electron chi connectivity index (χ4n) is 2.57. The summed E-state index contributed by atoms with van der Waals surface area (Å²) in [7, 11) is 0. The molecule has 18 heavy (non-hydrogen) atoms. The van der Waals surface area contributed by atoms with E-state index in [4.69, 9.17) is 21.1 Å². The van der Waals surface area contributed by atoms with Crippen LogP contribution in [0.1, 0.15) is 26.7 Å². The third-order valence-electron chi connectivity index (χ3n) is 3.94. The Kier molecular flexibility index (Phi) is 3.02. The van der Waals surface area contributed by atoms with Gasteiger partial charge in [-0.05, 0) is 24.7 Å². The van der Waals surface area contributed by atoms with E-state index in [0.29, 0.717) is 11.1 Å². The average Bonchev–Trinajstić information content (AvgIpc) is 2.68. The van der Waals surface area contributed by atoms with Crippen molar-refractivity contribution < 1.29 is 9.47 Å². The molecule has 1 saturated carbocycles. The number of anilines is 1. The van der Waals surface area contributed by atoms with E-state index in [1.54, 1.807) is 0 Å². The fourth-order valence-corrected chi connectivity index (χ4v) is 2.78. The van der Waals surface area contributed by atoms with Gasteiger partial charge in [-0.3, -0.25) is 0 Å². The lowest BCUT2D eigenvalue weighted by Gasteiger charge is -2.39. The first-order valence-electron chi connectivity index (χ1n) is 6.49. The number of halogens is 1. The van der Waals surface area contributed by atoms with Crippen molar-refractivity contribution in [1.82, 2.24) is 0 Å². The average molecular weight is 268 g/mol. The Bertz CT molecular complexity index is 455. The molecule has 3 nitrogen and oxygen atoms in total. The van der Waals surface area contributed by atoms with Crippen LogP contribution < -0.4 is 14.8 Å². The monoisotopic (exact) mass is 267 g/mol. The topological polar surface area (TPSA) is 30.5 Å². The standard InChI is InChI=1S/C14H18ClNO2/c1-8(2)9-3-10(4-9)16-12-6-14-13(5-11(12)15)17-7-18-14/h5-6,8-10,16H,3-4,7H2,1-2H3. The predicted octanol–water partition coefficient (Wildman–Crippen LogP) is 3.92. The van der Waals surface area contributed by atoms with Gasteiger partial charge in [0, 0.05) is 18.2 Å². The Labute approximate surface area is 112 Å². The summed E-state index contributed by atoms with van der Waals surface area (Å²) in [5.41, 5.74) is 0.952. The Hall–Kier alpha value is -1.09. The second-order valence-electron chi connectivity index (χ2n) is 5.50. The molecular formula is C14H18ClNO2. The lowest BCUT2D eigenvalue weighted by molar-refractivity contribution is 0.174. The van der Waals surface area contributed by atoms with E-state index in [1.807, 2.05) is 12.1 Å². The molecule has 1 fully saturated rings. The summed E-state index contributed by atoms with van der Waals surface area (Å²) >= 11 is 6.23. The maximum Gasteiger partial charge on any atom is 0.231 e. The lowest BCUT2D eigenvalue weighted by atomic mass is 9.73. The molecule has 0 saturated heterocycles. The molecule has 1 heterocycles. The first-order valence-corrected chi connectivity index (χ1v) is 6.87. The highest BCUT2D eigenvalue weighted by atomic mass is 35.5. The summed E-state index contributed by atoms with van der Waals surface area (Å²) in [4.78, 5) is 0. The zero-order valence-corrected chi connectivity index (χ0v) is 11.5. The van der Waals surface area contributed by atoms with Gasteiger partial charge in [0.25, 0.3) is 0 Å². The molecule has 0 unspecified atom stereocenters. The highest BCUT2D eigenvalue weighted by molar-refractivity contribution is 6.33. The normalized spacial score (nSPS) is 25.1. The van der Waals surface area contributed by atoms with Crippen LogP contribution in [0.5, 0.6) is 11.5 Å². The van der Waals surface area contributed by atoms with Crippen LogP contribution in [0.15, 0.2) is 12.1 Å². The largest absolute Gasteiger partial charge is 0.454 e. The van der Waals surface area contributed by atoms with E-state index >= 15 is 0 Å². The van der Waals surface area contributed by atoms with E-state index in [9.17, 15) is 0 Å². The van der Waals surface area contributed by atoms with Crippen molar-refractivity contribution in [3.05, 3.63) is 17.2 Å². The van der Waals surface area contributed by atoms with Crippen LogP contribution in [0.25, 0.3) is 0 Å². The van der Waals surface area contributed by atoms with E-state index in [-0.39, 0.29) is 6.79 Å². The molecule has 0 amide bonds. The molecule has 1 aliphatic carbocycles. The first-order chi connectivity index (χ1) is 8.63. The van der Waals surface area contributed by atoms with Crippen molar-refractivity contribution in [2.24, 2.45) is 11.8 Å². The number of rotatable bonds is 3. The van der Waals surface area contributed by atoms with Gasteiger partial charge in [-0.15, -0.1) is 0 Å². The molecule has 1 aromatic rings. The summed E-state index contributed by atoms with van der Waals surface area (Å²) in [5.74, 6) is 3.13. The molecule has 98 valence electrons. The highest BCUT2D eigenvalue weighted by Gasteiger charge is 2.31. The molecule has 0 aromatic heterocycles. The molecule has 0 atom stereocenters. The van der Waals surface area contributed by atoms with Crippen molar-refractivity contribution in [3.63, 3.8) is 0 Å². The Morgan fingerprint density at radius 1 is 1.22 bits per heavy atom. The van der Waals surface area contributed by atoms with Gasteiger partial charge in [-0.25, -0.2) is 0 Å². The number of hydrogen-bond donors (Lipinski definition) is 1. The number of hydrogen-bond acceptors (Lipinski definition) is 3. The first kappa shape index (κ1) is 12.0. The molecule has 3 rings (SSSR count). The van der Waals surface area contributed by atoms with Gasteiger partial charge < -0.3 is 14.8 Å². The van der Waals surface area contributed by atoms with Gasteiger partial charge in [0.15, 0.2) is 11.5 Å². The molecule has 2 aliphatic rings. The van der Waals surface area contributed by atoms with Gasteiger partial charge in [0.05, 0.1) is 10.7 Å². The van der Waals surface area contributed by atoms with Crippen molar-refractivity contribution in [1.29, 1.82) is 0 Å². The van der Waals surface area contributed by atoms with Gasteiger partial charge in [0.2, 0.25) is 6.79 Å². The third-order valence-corrected chi connectivity index (χ3v) is 4.25. The SMILES string of the molecule is CC(C)C1CC(Nc2cc3c(cc2Cl)OCO3)C1. The number of fused-ring (bicyclic) bond motifs is 1.